The Morgan fingerprint density at radius 2 is 2.29 bits per heavy atom. The van der Waals surface area contributed by atoms with Crippen molar-refractivity contribution in [3.63, 3.8) is 0 Å². The monoisotopic (exact) mass is 136 g/mol. The van der Waals surface area contributed by atoms with E-state index in [2.05, 4.69) is 0 Å². The third kappa shape index (κ3) is 6.35. The molecule has 0 fully saturated rings. The minimum atomic E-state index is -0.0474. The Hall–Kier alpha value is 0.354. The van der Waals surface area contributed by atoms with Crippen molar-refractivity contribution >= 4 is 19.0 Å². The highest BCUT2D eigenvalue weighted by molar-refractivity contribution is 6.85. The first-order valence-corrected chi connectivity index (χ1v) is 8.72. The maximum Gasteiger partial charge on any atom is 0.139 e. The molecule has 0 aliphatic carbocycles. The summed E-state index contributed by atoms with van der Waals surface area (Å²) in [6, 6.07) is 0. The van der Waals surface area contributed by atoms with Gasteiger partial charge in [-0.2, -0.15) is 0 Å². The molecule has 4 heteroatoms. The van der Waals surface area contributed by atoms with Gasteiger partial charge in [0.05, 0.1) is 13.2 Å². The van der Waals surface area contributed by atoms with Gasteiger partial charge in [-0.1, -0.05) is 0 Å². The minimum Gasteiger partial charge on any atom is -0.426 e. The van der Waals surface area contributed by atoms with Gasteiger partial charge >= 0.3 is 0 Å². The fourth-order valence-corrected chi connectivity index (χ4v) is 1.56. The SMILES string of the molecule is COCCO[SiH2][SiH3]. The summed E-state index contributed by atoms with van der Waals surface area (Å²) >= 11 is 0. The van der Waals surface area contributed by atoms with E-state index in [0.717, 1.165) is 13.2 Å². The van der Waals surface area contributed by atoms with E-state index in [-0.39, 0.29) is 9.28 Å². The van der Waals surface area contributed by atoms with Crippen LogP contribution in [0.15, 0.2) is 0 Å². The molecule has 0 aliphatic heterocycles. The second kappa shape index (κ2) is 6.35. The lowest BCUT2D eigenvalue weighted by atomic mass is 10.8. The van der Waals surface area contributed by atoms with Crippen LogP contribution >= 0.6 is 0 Å². The van der Waals surface area contributed by atoms with Crippen molar-refractivity contribution in [2.24, 2.45) is 0 Å². The molecule has 0 spiro atoms. The third-order valence-corrected chi connectivity index (χ3v) is 2.56. The summed E-state index contributed by atoms with van der Waals surface area (Å²) in [4.78, 5) is 0. The lowest BCUT2D eigenvalue weighted by Gasteiger charge is -1.96. The maximum atomic E-state index is 5.15. The van der Waals surface area contributed by atoms with Gasteiger partial charge in [-0.05, 0) is 0 Å². The van der Waals surface area contributed by atoms with Gasteiger partial charge in [0.15, 0.2) is 0 Å². The summed E-state index contributed by atoms with van der Waals surface area (Å²) in [6.07, 6.45) is 0. The van der Waals surface area contributed by atoms with E-state index in [4.69, 9.17) is 9.16 Å². The highest BCUT2D eigenvalue weighted by Gasteiger charge is 1.78. The van der Waals surface area contributed by atoms with Gasteiger partial charge in [0.25, 0.3) is 0 Å². The summed E-state index contributed by atoms with van der Waals surface area (Å²) < 4.78 is 9.91. The lowest BCUT2D eigenvalue weighted by molar-refractivity contribution is 0.151. The van der Waals surface area contributed by atoms with Crippen LogP contribution < -0.4 is 0 Å². The fourth-order valence-electron chi connectivity index (χ4n) is 0.287. The molecule has 0 aromatic carbocycles. The fraction of sp³-hybridized carbons (Fsp3) is 1.00. The molecule has 0 rings (SSSR count). The molecule has 44 valence electrons. The van der Waals surface area contributed by atoms with Crippen molar-refractivity contribution in [1.82, 2.24) is 0 Å². The molecular formula is C3H12O2Si2. The van der Waals surface area contributed by atoms with Crippen LogP contribution in [0.4, 0.5) is 0 Å². The quantitative estimate of drug-likeness (QED) is 0.329. The number of methoxy groups -OCH3 is 1. The lowest BCUT2D eigenvalue weighted by Crippen LogP contribution is -2.04. The van der Waals surface area contributed by atoms with Gasteiger partial charge in [0, 0.05) is 16.9 Å². The molecule has 0 aliphatic rings. The van der Waals surface area contributed by atoms with Crippen LogP contribution in [0.25, 0.3) is 0 Å². The zero-order chi connectivity index (χ0) is 5.54. The van der Waals surface area contributed by atoms with Crippen LogP contribution in [-0.4, -0.2) is 39.4 Å². The van der Waals surface area contributed by atoms with Crippen LogP contribution in [-0.2, 0) is 9.16 Å². The van der Waals surface area contributed by atoms with Crippen LogP contribution in [0.5, 0.6) is 0 Å². The van der Waals surface area contributed by atoms with E-state index in [1.807, 2.05) is 0 Å². The van der Waals surface area contributed by atoms with Crippen LogP contribution in [0.1, 0.15) is 0 Å². The van der Waals surface area contributed by atoms with Crippen molar-refractivity contribution < 1.29 is 9.16 Å². The normalized spacial score (nSPS) is 11.6. The maximum absolute atomic E-state index is 5.15. The first-order chi connectivity index (χ1) is 3.41. The molecule has 7 heavy (non-hydrogen) atoms. The van der Waals surface area contributed by atoms with E-state index in [1.165, 1.54) is 9.76 Å². The summed E-state index contributed by atoms with van der Waals surface area (Å²) in [5.41, 5.74) is 0. The van der Waals surface area contributed by atoms with E-state index in [0.29, 0.717) is 0 Å². The second-order valence-electron chi connectivity index (χ2n) is 1.19. The molecule has 0 N–H and O–H groups in total. The molecule has 0 aromatic heterocycles. The molecular weight excluding hydrogens is 124 g/mol. The Bertz CT molecular complexity index is 30.1. The predicted octanol–water partition coefficient (Wildman–Crippen LogP) is -1.99. The standard InChI is InChI=1S/C3H12O2Si2/c1-4-2-3-5-7-6/h2-3,7H2,1,6H3. The van der Waals surface area contributed by atoms with Crippen molar-refractivity contribution in [3.8, 4) is 0 Å². The molecule has 0 saturated carbocycles. The molecule has 0 heterocycles. The zero-order valence-corrected chi connectivity index (χ0v) is 8.35. The number of hydrogen-bond donors (Lipinski definition) is 0. The molecule has 0 atom stereocenters. The van der Waals surface area contributed by atoms with Gasteiger partial charge in [0.2, 0.25) is 0 Å². The second-order valence-corrected chi connectivity index (χ2v) is 3.91. The van der Waals surface area contributed by atoms with Crippen molar-refractivity contribution in [1.29, 1.82) is 0 Å². The molecule has 0 bridgehead atoms. The largest absolute Gasteiger partial charge is 0.426 e. The Morgan fingerprint density at radius 1 is 1.57 bits per heavy atom. The van der Waals surface area contributed by atoms with Gasteiger partial charge in [-0.15, -0.1) is 0 Å². The molecule has 0 amide bonds. The highest BCUT2D eigenvalue weighted by Crippen LogP contribution is 1.67. The van der Waals surface area contributed by atoms with Crippen LogP contribution in [0, 0.1) is 0 Å². The van der Waals surface area contributed by atoms with Gasteiger partial charge in [-0.25, -0.2) is 0 Å². The summed E-state index contributed by atoms with van der Waals surface area (Å²) in [5.74, 6) is 0. The predicted molar refractivity (Wildman–Crippen MR) is 36.3 cm³/mol. The number of hydrogen-bond acceptors (Lipinski definition) is 2. The summed E-state index contributed by atoms with van der Waals surface area (Å²) in [6.45, 7) is 1.57. The Kier molecular flexibility index (Phi) is 6.67. The van der Waals surface area contributed by atoms with Crippen molar-refractivity contribution in [2.45, 2.75) is 0 Å². The molecule has 0 aromatic rings. The van der Waals surface area contributed by atoms with E-state index in [9.17, 15) is 0 Å². The van der Waals surface area contributed by atoms with E-state index < -0.39 is 0 Å². The van der Waals surface area contributed by atoms with Crippen LogP contribution in [0.2, 0.25) is 0 Å². The van der Waals surface area contributed by atoms with Crippen molar-refractivity contribution in [3.05, 3.63) is 0 Å². The summed E-state index contributed by atoms with van der Waals surface area (Å²) in [7, 11) is 2.91. The zero-order valence-electron chi connectivity index (χ0n) is 4.94. The third-order valence-electron chi connectivity index (χ3n) is 0.636. The molecule has 2 nitrogen and oxygen atoms in total. The number of ether oxygens (including phenoxy) is 1. The Balaban J connectivity index is 2.45. The van der Waals surface area contributed by atoms with Gasteiger partial charge in [0.1, 0.15) is 9.28 Å². The van der Waals surface area contributed by atoms with E-state index >= 15 is 0 Å². The molecule has 0 radical (unpaired) electrons. The average molecular weight is 136 g/mol. The smallest absolute Gasteiger partial charge is 0.139 e. The molecule has 0 saturated heterocycles. The topological polar surface area (TPSA) is 18.5 Å². The van der Waals surface area contributed by atoms with E-state index in [1.54, 1.807) is 7.11 Å². The first-order valence-electron chi connectivity index (χ1n) is 2.48. The molecule has 0 unspecified atom stereocenters. The Morgan fingerprint density at radius 3 is 2.71 bits per heavy atom. The van der Waals surface area contributed by atoms with Gasteiger partial charge < -0.3 is 9.16 Å². The number of rotatable bonds is 4. The average Bonchev–Trinajstić information content (AvgIpc) is 1.69. The minimum absolute atomic E-state index is 0.0474. The highest BCUT2D eigenvalue weighted by atomic mass is 29.1. The summed E-state index contributed by atoms with van der Waals surface area (Å²) in [5, 5.41) is 0. The first kappa shape index (κ1) is 7.35. The Labute approximate surface area is 49.4 Å². The van der Waals surface area contributed by atoms with Crippen molar-refractivity contribution in [2.75, 3.05) is 20.3 Å². The van der Waals surface area contributed by atoms with Crippen LogP contribution in [0.3, 0.4) is 0 Å². The van der Waals surface area contributed by atoms with Gasteiger partial charge in [-0.3, -0.25) is 0 Å².